The number of nitrogens with two attached hydrogens (primary N) is 1. The maximum Gasteiger partial charge on any atom is 0.0599 e. The molecule has 0 amide bonds. The van der Waals surface area contributed by atoms with Gasteiger partial charge in [-0.1, -0.05) is 25.9 Å². The van der Waals surface area contributed by atoms with Gasteiger partial charge >= 0.3 is 0 Å². The number of halogens is 1. The standard InChI is InChI=1S/C17H25Cl.C17H25N3.C17H26O.C15H22O.H2N/c1-2-16(18)17-8-10-4-12-11-3-9(6-14(12)17)7-15(17)13(11)5-10;1-2-16(19-20-18)17-8-10-4-12-11-3-9(6-14(12)17)7-15(17)13(11)5-10;1-2-16(18)17-8-10-4-12-11-3-9(6-14(12)17)7-15(17)13(11)5-10;16-7-15-6-9-2-11-10-1-8(4-13(11)15)5-14(15)12(10)3-9;/h9-16H,2-8H2,1H3;9-16H,2-8H2,1H3;9-16,18H,2-8H2,1H3;8-14,16H,1-7H2;1H2/q;;;;-1. The predicted octanol–water partition coefficient (Wildman–Crippen LogP) is 16.4. The summed E-state index contributed by atoms with van der Waals surface area (Å²) in [6.45, 7) is 7.30. The lowest BCUT2D eigenvalue weighted by atomic mass is 9.29. The van der Waals surface area contributed by atoms with E-state index in [0.717, 1.165) is 179 Å². The molecule has 32 bridgehead atoms. The number of nitrogens with zero attached hydrogens (tertiary/aromatic N) is 3. The Balaban J connectivity index is 0.0000000830. The third-order valence-electron chi connectivity index (χ3n) is 32.2. The van der Waals surface area contributed by atoms with Gasteiger partial charge in [0.25, 0.3) is 0 Å². The molecule has 0 aliphatic heterocycles. The third kappa shape index (κ3) is 5.92. The number of alkyl halides is 1. The van der Waals surface area contributed by atoms with Gasteiger partial charge in [-0.3, -0.25) is 0 Å². The van der Waals surface area contributed by atoms with Crippen molar-refractivity contribution in [1.29, 1.82) is 0 Å². The average Bonchev–Trinajstić information content (AvgIpc) is 3.43. The topological polar surface area (TPSA) is 123 Å². The molecule has 19 unspecified atom stereocenters. The van der Waals surface area contributed by atoms with Crippen molar-refractivity contribution in [3.63, 3.8) is 0 Å². The number of hydrogen-bond donors (Lipinski definition) is 2. The molecule has 0 spiro atoms. The van der Waals surface area contributed by atoms with Crippen LogP contribution in [-0.2, 0) is 0 Å². The zero-order chi connectivity index (χ0) is 48.1. The normalized spacial score (nSPS) is 63.2. The largest absolute Gasteiger partial charge is 0.693 e. The summed E-state index contributed by atoms with van der Waals surface area (Å²) >= 11 is 6.95. The van der Waals surface area contributed by atoms with E-state index in [2.05, 4.69) is 30.8 Å². The molecule has 6 nitrogen and oxygen atoms in total. The lowest BCUT2D eigenvalue weighted by Crippen LogP contribution is -2.70. The van der Waals surface area contributed by atoms with Gasteiger partial charge in [0.1, 0.15) is 0 Å². The molecule has 4 N–H and O–H groups in total. The average molecular weight is 1020 g/mol. The fraction of sp³-hybridized carbons (Fsp3) is 1.00. The molecule has 28 saturated carbocycles. The second-order valence-electron chi connectivity index (χ2n) is 32.9. The molecule has 0 heterocycles. The van der Waals surface area contributed by atoms with Crippen LogP contribution in [0.1, 0.15) is 194 Å². The number of azide groups is 1. The van der Waals surface area contributed by atoms with Crippen molar-refractivity contribution in [3.05, 3.63) is 16.6 Å². The second kappa shape index (κ2) is 16.5. The molecule has 28 aliphatic rings. The predicted molar refractivity (Wildman–Crippen MR) is 290 cm³/mol. The minimum Gasteiger partial charge on any atom is -0.693 e. The fourth-order valence-electron chi connectivity index (χ4n) is 31.8. The summed E-state index contributed by atoms with van der Waals surface area (Å²) in [6.07, 6.45) is 39.5. The van der Waals surface area contributed by atoms with Crippen molar-refractivity contribution in [3.8, 4) is 0 Å². The number of hydrogen-bond acceptors (Lipinski definition) is 3. The van der Waals surface area contributed by atoms with Gasteiger partial charge in [-0.15, -0.1) is 11.6 Å². The second-order valence-corrected chi connectivity index (χ2v) is 33.5. The van der Waals surface area contributed by atoms with Crippen LogP contribution in [0.25, 0.3) is 16.6 Å². The molecule has 28 fully saturated rings. The van der Waals surface area contributed by atoms with E-state index in [1.165, 1.54) is 109 Å². The molecule has 0 radical (unpaired) electrons. The Kier molecular flexibility index (Phi) is 11.0. The summed E-state index contributed by atoms with van der Waals surface area (Å²) in [5.74, 6) is 28.6. The fourth-order valence-corrected chi connectivity index (χ4v) is 32.2. The quantitative estimate of drug-likeness (QED) is 0.109. The summed E-state index contributed by atoms with van der Waals surface area (Å²) in [6, 6.07) is 0.288. The summed E-state index contributed by atoms with van der Waals surface area (Å²) < 4.78 is 0. The first-order valence-electron chi connectivity index (χ1n) is 33.0. The number of aliphatic hydroxyl groups excluding tert-OH is 2. The van der Waals surface area contributed by atoms with Gasteiger partial charge in [-0.2, -0.15) is 0 Å². The van der Waals surface area contributed by atoms with Crippen LogP contribution in [0.5, 0.6) is 0 Å². The highest BCUT2D eigenvalue weighted by Gasteiger charge is 2.75. The van der Waals surface area contributed by atoms with E-state index in [1.807, 2.05) is 0 Å². The van der Waals surface area contributed by atoms with Crippen molar-refractivity contribution in [2.45, 2.75) is 212 Å². The highest BCUT2D eigenvalue weighted by atomic mass is 35.5. The summed E-state index contributed by atoms with van der Waals surface area (Å²) in [7, 11) is 0. The van der Waals surface area contributed by atoms with Crippen LogP contribution in [-0.4, -0.2) is 34.3 Å². The van der Waals surface area contributed by atoms with E-state index in [-0.39, 0.29) is 18.3 Å². The van der Waals surface area contributed by atoms with Crippen LogP contribution in [0.2, 0.25) is 0 Å². The minimum atomic E-state index is 0. The Bertz CT molecular complexity index is 2080. The van der Waals surface area contributed by atoms with Crippen molar-refractivity contribution >= 4 is 11.6 Å². The summed E-state index contributed by atoms with van der Waals surface area (Å²) in [5.41, 5.74) is 10.9. The Morgan fingerprint density at radius 1 is 0.425 bits per heavy atom. The van der Waals surface area contributed by atoms with Crippen LogP contribution in [0.3, 0.4) is 0 Å². The van der Waals surface area contributed by atoms with Crippen molar-refractivity contribution in [2.75, 3.05) is 6.61 Å². The molecular formula is C66H100ClN4O2-. The zero-order valence-corrected chi connectivity index (χ0v) is 46.6. The highest BCUT2D eigenvalue weighted by molar-refractivity contribution is 6.21. The van der Waals surface area contributed by atoms with E-state index in [0.29, 0.717) is 33.6 Å². The van der Waals surface area contributed by atoms with Gasteiger partial charge < -0.3 is 16.4 Å². The molecule has 404 valence electrons. The molecule has 28 rings (SSSR count). The van der Waals surface area contributed by atoms with Gasteiger partial charge in [-0.25, -0.2) is 0 Å². The van der Waals surface area contributed by atoms with E-state index in [9.17, 15) is 10.2 Å². The monoisotopic (exact) mass is 1020 g/mol. The van der Waals surface area contributed by atoms with Gasteiger partial charge in [0, 0.05) is 28.4 Å². The van der Waals surface area contributed by atoms with E-state index in [4.69, 9.17) is 17.1 Å². The lowest BCUT2D eigenvalue weighted by Gasteiger charge is -2.75. The van der Waals surface area contributed by atoms with Gasteiger partial charge in [-0.05, 0) is 361 Å². The maximum absolute atomic E-state index is 10.8. The van der Waals surface area contributed by atoms with Crippen molar-refractivity contribution in [2.24, 2.45) is 192 Å². The summed E-state index contributed by atoms with van der Waals surface area (Å²) in [5, 5.41) is 25.7. The number of rotatable bonds is 8. The first-order chi connectivity index (χ1) is 35.1. The van der Waals surface area contributed by atoms with Crippen LogP contribution in [0, 0.1) is 187 Å². The van der Waals surface area contributed by atoms with Gasteiger partial charge in [0.15, 0.2) is 0 Å². The molecule has 19 atom stereocenters. The van der Waals surface area contributed by atoms with Crippen LogP contribution >= 0.6 is 11.6 Å². The molecule has 0 aromatic rings. The van der Waals surface area contributed by atoms with Crippen LogP contribution in [0.4, 0.5) is 0 Å². The number of aliphatic hydroxyl groups is 2. The molecule has 0 saturated heterocycles. The Morgan fingerprint density at radius 3 is 1.10 bits per heavy atom. The summed E-state index contributed by atoms with van der Waals surface area (Å²) in [4.78, 5) is 3.25. The Morgan fingerprint density at radius 2 is 0.740 bits per heavy atom. The van der Waals surface area contributed by atoms with Crippen LogP contribution < -0.4 is 0 Å². The molecule has 73 heavy (non-hydrogen) atoms. The molecule has 0 aromatic carbocycles. The van der Waals surface area contributed by atoms with E-state index >= 15 is 0 Å². The first kappa shape index (κ1) is 48.4. The van der Waals surface area contributed by atoms with E-state index in [1.54, 1.807) is 51.4 Å². The van der Waals surface area contributed by atoms with Crippen LogP contribution in [0.15, 0.2) is 5.11 Å². The molecule has 7 heteroatoms. The van der Waals surface area contributed by atoms with Gasteiger partial charge in [0.2, 0.25) is 0 Å². The Hall–Kier alpha value is -0.520. The third-order valence-corrected chi connectivity index (χ3v) is 32.9. The van der Waals surface area contributed by atoms with Crippen molar-refractivity contribution < 1.29 is 10.2 Å². The minimum absolute atomic E-state index is 0. The molecule has 28 aliphatic carbocycles. The molecule has 0 aromatic heterocycles. The Labute approximate surface area is 447 Å². The highest BCUT2D eigenvalue weighted by Crippen LogP contribution is 2.81. The SMILES string of the molecule is CCC(Cl)C12CC3CC4C5CC(CC41)CC2C5C3.CCC(N=[N+]=[N-])C12CC3CC4C5CC(CC41)CC2C5C3.CCC(O)C12CC3CC4C5CC(CC41)CC2C5C3.OCC12CC3CC4C5CC(CC41)CC2C5C3.[NH2-]. The lowest BCUT2D eigenvalue weighted by molar-refractivity contribution is -0.285. The maximum atomic E-state index is 10.8. The zero-order valence-electron chi connectivity index (χ0n) is 45.9. The van der Waals surface area contributed by atoms with Gasteiger partial charge in [0.05, 0.1) is 6.10 Å². The van der Waals surface area contributed by atoms with E-state index < -0.39 is 0 Å². The van der Waals surface area contributed by atoms with Crippen molar-refractivity contribution in [1.82, 2.24) is 0 Å². The molecular weight excluding hydrogens is 916 g/mol. The first-order valence-corrected chi connectivity index (χ1v) is 33.5. The smallest absolute Gasteiger partial charge is 0.0599 e.